The molecule has 0 fully saturated rings. The van der Waals surface area contributed by atoms with Crippen LogP contribution in [0.15, 0.2) is 35.1 Å². The van der Waals surface area contributed by atoms with Crippen molar-refractivity contribution in [3.8, 4) is 17.0 Å². The number of unbranched alkanes of at least 4 members (excludes halogenated alkanes) is 1. The molecule has 0 atom stereocenters. The standard InChI is InChI=1S/C19H23NO4/c1-4-6-7-15-18(19(22)23)17(21)12-16(20(15)5-2)13-8-10-14(24-3)11-9-13/h8-12H,4-7H2,1-3H3,(H,22,23). The number of pyridine rings is 1. The van der Waals surface area contributed by atoms with Crippen molar-refractivity contribution >= 4 is 5.97 Å². The fourth-order valence-corrected chi connectivity index (χ4v) is 2.89. The van der Waals surface area contributed by atoms with E-state index in [1.165, 1.54) is 6.07 Å². The molecule has 0 saturated heterocycles. The van der Waals surface area contributed by atoms with Crippen LogP contribution in [0.2, 0.25) is 0 Å². The van der Waals surface area contributed by atoms with Crippen molar-refractivity contribution in [1.29, 1.82) is 0 Å². The molecule has 0 aliphatic rings. The molecule has 5 nitrogen and oxygen atoms in total. The Kier molecular flexibility index (Phi) is 5.79. The Labute approximate surface area is 141 Å². The molecule has 0 radical (unpaired) electrons. The highest BCUT2D eigenvalue weighted by molar-refractivity contribution is 5.89. The van der Waals surface area contributed by atoms with E-state index in [1.54, 1.807) is 7.11 Å². The van der Waals surface area contributed by atoms with Gasteiger partial charge >= 0.3 is 5.97 Å². The highest BCUT2D eigenvalue weighted by Gasteiger charge is 2.20. The smallest absolute Gasteiger partial charge is 0.341 e. The minimum atomic E-state index is -1.16. The molecule has 24 heavy (non-hydrogen) atoms. The van der Waals surface area contributed by atoms with Crippen molar-refractivity contribution in [3.05, 3.63) is 51.8 Å². The van der Waals surface area contributed by atoms with Crippen LogP contribution in [0.4, 0.5) is 0 Å². The first kappa shape index (κ1) is 17.8. The molecule has 0 bridgehead atoms. The molecule has 2 rings (SSSR count). The molecule has 0 unspecified atom stereocenters. The summed E-state index contributed by atoms with van der Waals surface area (Å²) in [6.07, 6.45) is 2.35. The third-order valence-corrected chi connectivity index (χ3v) is 4.10. The number of carbonyl (C=O) groups is 1. The zero-order chi connectivity index (χ0) is 17.7. The number of aromatic carboxylic acids is 1. The predicted molar refractivity (Wildman–Crippen MR) is 93.9 cm³/mol. The lowest BCUT2D eigenvalue weighted by Gasteiger charge is -2.19. The Morgan fingerprint density at radius 3 is 2.38 bits per heavy atom. The van der Waals surface area contributed by atoms with Crippen LogP contribution in [0.3, 0.4) is 0 Å². The van der Waals surface area contributed by atoms with Crippen LogP contribution < -0.4 is 10.2 Å². The summed E-state index contributed by atoms with van der Waals surface area (Å²) in [6, 6.07) is 8.84. The van der Waals surface area contributed by atoms with Crippen molar-refractivity contribution in [1.82, 2.24) is 4.57 Å². The van der Waals surface area contributed by atoms with Crippen LogP contribution in [-0.4, -0.2) is 22.8 Å². The summed E-state index contributed by atoms with van der Waals surface area (Å²) in [6.45, 7) is 4.60. The van der Waals surface area contributed by atoms with E-state index in [4.69, 9.17) is 4.74 Å². The molecule has 0 spiro atoms. The Hall–Kier alpha value is -2.56. The van der Waals surface area contributed by atoms with Crippen molar-refractivity contribution in [2.24, 2.45) is 0 Å². The fraction of sp³-hybridized carbons (Fsp3) is 0.368. The SMILES string of the molecule is CCCCc1c(C(=O)O)c(=O)cc(-c2ccc(OC)cc2)n1CC. The first-order chi connectivity index (χ1) is 11.5. The van der Waals surface area contributed by atoms with Crippen LogP contribution in [-0.2, 0) is 13.0 Å². The number of rotatable bonds is 7. The summed E-state index contributed by atoms with van der Waals surface area (Å²) in [4.78, 5) is 24.0. The largest absolute Gasteiger partial charge is 0.497 e. The molecule has 128 valence electrons. The van der Waals surface area contributed by atoms with Crippen LogP contribution in [0, 0.1) is 0 Å². The quantitative estimate of drug-likeness (QED) is 0.843. The van der Waals surface area contributed by atoms with Crippen LogP contribution in [0.25, 0.3) is 11.3 Å². The van der Waals surface area contributed by atoms with E-state index < -0.39 is 11.4 Å². The van der Waals surface area contributed by atoms with E-state index in [0.717, 1.165) is 29.8 Å². The molecule has 2 aromatic rings. The summed E-state index contributed by atoms with van der Waals surface area (Å²) >= 11 is 0. The van der Waals surface area contributed by atoms with Gasteiger partial charge in [-0.25, -0.2) is 4.79 Å². The Balaban J connectivity index is 2.69. The summed E-state index contributed by atoms with van der Waals surface area (Å²) < 4.78 is 7.10. The number of hydrogen-bond acceptors (Lipinski definition) is 3. The molecule has 1 aromatic carbocycles. The van der Waals surface area contributed by atoms with Crippen LogP contribution in [0.5, 0.6) is 5.75 Å². The number of benzene rings is 1. The molecular formula is C19H23NO4. The Morgan fingerprint density at radius 1 is 1.21 bits per heavy atom. The van der Waals surface area contributed by atoms with Crippen molar-refractivity contribution in [3.63, 3.8) is 0 Å². The van der Waals surface area contributed by atoms with Gasteiger partial charge in [-0.3, -0.25) is 4.79 Å². The second kappa shape index (κ2) is 7.81. The molecule has 0 aliphatic carbocycles. The van der Waals surface area contributed by atoms with Gasteiger partial charge < -0.3 is 14.4 Å². The molecule has 1 aromatic heterocycles. The Bertz CT molecular complexity index is 775. The predicted octanol–water partition coefficient (Wildman–Crippen LogP) is 3.58. The van der Waals surface area contributed by atoms with Gasteiger partial charge in [0.1, 0.15) is 11.3 Å². The van der Waals surface area contributed by atoms with Crippen LogP contribution >= 0.6 is 0 Å². The maximum Gasteiger partial charge on any atom is 0.341 e. The van der Waals surface area contributed by atoms with Gasteiger partial charge in [0.15, 0.2) is 5.43 Å². The zero-order valence-corrected chi connectivity index (χ0v) is 14.3. The molecule has 5 heteroatoms. The second-order valence-corrected chi connectivity index (χ2v) is 5.60. The van der Waals surface area contributed by atoms with E-state index in [0.29, 0.717) is 18.7 Å². The van der Waals surface area contributed by atoms with E-state index in [1.807, 2.05) is 42.7 Å². The lowest BCUT2D eigenvalue weighted by atomic mass is 10.0. The lowest BCUT2D eigenvalue weighted by Crippen LogP contribution is -2.24. The highest BCUT2D eigenvalue weighted by atomic mass is 16.5. The number of carboxylic acids is 1. The number of aromatic nitrogens is 1. The van der Waals surface area contributed by atoms with Gasteiger partial charge in [0.25, 0.3) is 0 Å². The molecule has 1 N–H and O–H groups in total. The van der Waals surface area contributed by atoms with E-state index in [9.17, 15) is 14.7 Å². The van der Waals surface area contributed by atoms with Crippen molar-refractivity contribution in [2.75, 3.05) is 7.11 Å². The van der Waals surface area contributed by atoms with Gasteiger partial charge in [0.2, 0.25) is 0 Å². The van der Waals surface area contributed by atoms with E-state index >= 15 is 0 Å². The van der Waals surface area contributed by atoms with Gasteiger partial charge in [0.05, 0.1) is 12.8 Å². The number of carboxylic acid groups (broad SMARTS) is 1. The normalized spacial score (nSPS) is 10.6. The summed E-state index contributed by atoms with van der Waals surface area (Å²) in [5, 5.41) is 9.47. The molecule has 1 heterocycles. The third kappa shape index (κ3) is 3.50. The van der Waals surface area contributed by atoms with Gasteiger partial charge in [0, 0.05) is 18.3 Å². The first-order valence-corrected chi connectivity index (χ1v) is 8.17. The summed E-state index contributed by atoms with van der Waals surface area (Å²) in [5.41, 5.74) is 1.66. The molecular weight excluding hydrogens is 306 g/mol. The maximum atomic E-state index is 12.4. The highest BCUT2D eigenvalue weighted by Crippen LogP contribution is 2.24. The van der Waals surface area contributed by atoms with E-state index in [-0.39, 0.29) is 5.56 Å². The molecule has 0 saturated carbocycles. The molecule has 0 amide bonds. The topological polar surface area (TPSA) is 68.5 Å². The third-order valence-electron chi connectivity index (χ3n) is 4.10. The van der Waals surface area contributed by atoms with E-state index in [2.05, 4.69) is 0 Å². The number of nitrogens with zero attached hydrogens (tertiary/aromatic N) is 1. The monoisotopic (exact) mass is 329 g/mol. The van der Waals surface area contributed by atoms with Crippen molar-refractivity contribution < 1.29 is 14.6 Å². The second-order valence-electron chi connectivity index (χ2n) is 5.60. The average molecular weight is 329 g/mol. The van der Waals surface area contributed by atoms with Gasteiger partial charge in [-0.15, -0.1) is 0 Å². The lowest BCUT2D eigenvalue weighted by molar-refractivity contribution is 0.0693. The Morgan fingerprint density at radius 2 is 1.88 bits per heavy atom. The zero-order valence-electron chi connectivity index (χ0n) is 14.3. The average Bonchev–Trinajstić information content (AvgIpc) is 2.58. The molecule has 0 aliphatic heterocycles. The number of methoxy groups -OCH3 is 1. The summed E-state index contributed by atoms with van der Waals surface area (Å²) in [5.74, 6) is -0.424. The van der Waals surface area contributed by atoms with Gasteiger partial charge in [-0.05, 0) is 49.6 Å². The minimum absolute atomic E-state index is 0.109. The first-order valence-electron chi connectivity index (χ1n) is 8.17. The summed E-state index contributed by atoms with van der Waals surface area (Å²) in [7, 11) is 1.60. The minimum Gasteiger partial charge on any atom is -0.497 e. The fourth-order valence-electron chi connectivity index (χ4n) is 2.89. The maximum absolute atomic E-state index is 12.4. The van der Waals surface area contributed by atoms with Gasteiger partial charge in [-0.1, -0.05) is 13.3 Å². The van der Waals surface area contributed by atoms with Crippen LogP contribution in [0.1, 0.15) is 42.7 Å². The number of ether oxygens (including phenoxy) is 1. The van der Waals surface area contributed by atoms with Gasteiger partial charge in [-0.2, -0.15) is 0 Å². The van der Waals surface area contributed by atoms with Crippen molar-refractivity contribution in [2.45, 2.75) is 39.7 Å². The number of hydrogen-bond donors (Lipinski definition) is 1.